The zero-order valence-electron chi connectivity index (χ0n) is 13.3. The highest BCUT2D eigenvalue weighted by Crippen LogP contribution is 2.41. The minimum Gasteiger partial charge on any atom is -0.361 e. The first-order valence-corrected chi connectivity index (χ1v) is 7.64. The lowest BCUT2D eigenvalue weighted by atomic mass is 10.1. The van der Waals surface area contributed by atoms with Gasteiger partial charge in [0.2, 0.25) is 5.91 Å². The smallest absolute Gasteiger partial charge is 0.361 e. The molecule has 2 atom stereocenters. The van der Waals surface area contributed by atoms with Gasteiger partial charge in [0.1, 0.15) is 5.76 Å². The van der Waals surface area contributed by atoms with Crippen LogP contribution in [0.2, 0.25) is 0 Å². The van der Waals surface area contributed by atoms with E-state index in [1.807, 2.05) is 0 Å². The van der Waals surface area contributed by atoms with E-state index in [2.05, 4.69) is 10.5 Å². The number of halogens is 3. The van der Waals surface area contributed by atoms with E-state index in [4.69, 9.17) is 4.52 Å². The van der Waals surface area contributed by atoms with Crippen LogP contribution in [0.25, 0.3) is 0 Å². The lowest BCUT2D eigenvalue weighted by molar-refractivity contribution is -0.137. The van der Waals surface area contributed by atoms with Crippen molar-refractivity contribution in [3.63, 3.8) is 0 Å². The molecule has 1 aromatic heterocycles. The molecular weight excluding hydrogens is 321 g/mol. The average molecular weight is 338 g/mol. The molecule has 1 aromatic carbocycles. The zero-order chi connectivity index (χ0) is 17.5. The van der Waals surface area contributed by atoms with Gasteiger partial charge in [0, 0.05) is 17.5 Å². The normalized spacial score (nSPS) is 20.0. The van der Waals surface area contributed by atoms with Crippen LogP contribution in [-0.2, 0) is 17.4 Å². The van der Waals surface area contributed by atoms with Crippen LogP contribution in [0.3, 0.4) is 0 Å². The van der Waals surface area contributed by atoms with Gasteiger partial charge in [-0.2, -0.15) is 13.2 Å². The minimum atomic E-state index is -4.33. The number of amides is 1. The molecule has 1 N–H and O–H groups in total. The molecule has 1 aliphatic rings. The van der Waals surface area contributed by atoms with Crippen LogP contribution >= 0.6 is 0 Å². The van der Waals surface area contributed by atoms with E-state index in [0.717, 1.165) is 29.7 Å². The number of hydrogen-bond donors (Lipinski definition) is 1. The molecule has 0 saturated heterocycles. The molecule has 1 heterocycles. The molecule has 0 unspecified atom stereocenters. The second-order valence-electron chi connectivity index (χ2n) is 6.12. The van der Waals surface area contributed by atoms with E-state index >= 15 is 0 Å². The Morgan fingerprint density at radius 1 is 1.29 bits per heavy atom. The predicted octanol–water partition coefficient (Wildman–Crippen LogP) is 3.53. The Kier molecular flexibility index (Phi) is 4.11. The van der Waals surface area contributed by atoms with Crippen molar-refractivity contribution in [2.45, 2.75) is 44.8 Å². The SMILES string of the molecule is Cc1noc(C)c1CC(=O)N[C@@H]1C[C@H]1c1ccc(C(F)(F)F)cc1. The number of nitrogens with one attached hydrogen (secondary N) is 1. The summed E-state index contributed by atoms with van der Waals surface area (Å²) in [6, 6.07) is 5.09. The van der Waals surface area contributed by atoms with Crippen LogP contribution in [0.1, 0.15) is 40.5 Å². The second kappa shape index (κ2) is 5.96. The van der Waals surface area contributed by atoms with Crippen LogP contribution in [0, 0.1) is 13.8 Å². The van der Waals surface area contributed by atoms with E-state index in [-0.39, 0.29) is 24.3 Å². The number of nitrogens with zero attached hydrogens (tertiary/aromatic N) is 1. The van der Waals surface area contributed by atoms with Crippen molar-refractivity contribution in [2.75, 3.05) is 0 Å². The number of hydrogen-bond acceptors (Lipinski definition) is 3. The van der Waals surface area contributed by atoms with Crippen molar-refractivity contribution in [3.05, 3.63) is 52.4 Å². The molecule has 1 amide bonds. The van der Waals surface area contributed by atoms with Crippen LogP contribution in [-0.4, -0.2) is 17.1 Å². The monoisotopic (exact) mass is 338 g/mol. The number of carbonyl (C=O) groups excluding carboxylic acids is 1. The Morgan fingerprint density at radius 2 is 1.96 bits per heavy atom. The van der Waals surface area contributed by atoms with E-state index in [1.165, 1.54) is 12.1 Å². The van der Waals surface area contributed by atoms with Gasteiger partial charge < -0.3 is 9.84 Å². The average Bonchev–Trinajstić information content (AvgIpc) is 3.21. The topological polar surface area (TPSA) is 55.1 Å². The van der Waals surface area contributed by atoms with Crippen molar-refractivity contribution in [2.24, 2.45) is 0 Å². The van der Waals surface area contributed by atoms with Gasteiger partial charge in [-0.05, 0) is 38.0 Å². The molecule has 3 rings (SSSR count). The summed E-state index contributed by atoms with van der Waals surface area (Å²) in [4.78, 5) is 12.1. The summed E-state index contributed by atoms with van der Waals surface area (Å²) < 4.78 is 42.7. The van der Waals surface area contributed by atoms with Crippen molar-refractivity contribution in [3.8, 4) is 0 Å². The van der Waals surface area contributed by atoms with Crippen LogP contribution in [0.4, 0.5) is 13.2 Å². The van der Waals surface area contributed by atoms with Crippen molar-refractivity contribution in [1.82, 2.24) is 10.5 Å². The fourth-order valence-corrected chi connectivity index (χ4v) is 2.81. The highest BCUT2D eigenvalue weighted by Gasteiger charge is 2.40. The Bertz CT molecular complexity index is 731. The maximum absolute atomic E-state index is 12.6. The second-order valence-corrected chi connectivity index (χ2v) is 6.12. The van der Waals surface area contributed by atoms with Gasteiger partial charge in [-0.15, -0.1) is 0 Å². The number of carbonyl (C=O) groups is 1. The van der Waals surface area contributed by atoms with Gasteiger partial charge in [0.05, 0.1) is 17.7 Å². The summed E-state index contributed by atoms with van der Waals surface area (Å²) in [6.45, 7) is 3.53. The molecule has 0 bridgehead atoms. The Balaban J connectivity index is 1.57. The predicted molar refractivity (Wildman–Crippen MR) is 80.4 cm³/mol. The number of aromatic nitrogens is 1. The summed E-state index contributed by atoms with van der Waals surface area (Å²) in [5, 5.41) is 6.72. The standard InChI is InChI=1S/C17H17F3N2O2/c1-9-13(10(2)24-22-9)8-16(23)21-15-7-14(15)11-3-5-12(6-4-11)17(18,19)20/h3-6,14-15H,7-8H2,1-2H3,(H,21,23)/t14-,15+/m0/s1. The first-order chi connectivity index (χ1) is 11.3. The third-order valence-corrected chi connectivity index (χ3v) is 4.32. The molecule has 0 aliphatic heterocycles. The largest absolute Gasteiger partial charge is 0.416 e. The molecule has 7 heteroatoms. The van der Waals surface area contributed by atoms with Gasteiger partial charge in [-0.25, -0.2) is 0 Å². The van der Waals surface area contributed by atoms with Gasteiger partial charge in [-0.3, -0.25) is 4.79 Å². The highest BCUT2D eigenvalue weighted by atomic mass is 19.4. The Hall–Kier alpha value is -2.31. The van der Waals surface area contributed by atoms with Gasteiger partial charge in [-0.1, -0.05) is 17.3 Å². The molecule has 1 aliphatic carbocycles. The maximum Gasteiger partial charge on any atom is 0.416 e. The molecular formula is C17H17F3N2O2. The van der Waals surface area contributed by atoms with E-state index in [0.29, 0.717) is 11.5 Å². The number of alkyl halides is 3. The van der Waals surface area contributed by atoms with Crippen molar-refractivity contribution < 1.29 is 22.5 Å². The lowest BCUT2D eigenvalue weighted by Crippen LogP contribution is -2.28. The molecule has 4 nitrogen and oxygen atoms in total. The molecule has 0 radical (unpaired) electrons. The van der Waals surface area contributed by atoms with Crippen LogP contribution < -0.4 is 5.32 Å². The van der Waals surface area contributed by atoms with Gasteiger partial charge in [0.15, 0.2) is 0 Å². The summed E-state index contributed by atoms with van der Waals surface area (Å²) in [7, 11) is 0. The maximum atomic E-state index is 12.6. The van der Waals surface area contributed by atoms with E-state index in [9.17, 15) is 18.0 Å². The van der Waals surface area contributed by atoms with E-state index in [1.54, 1.807) is 13.8 Å². The molecule has 2 aromatic rings. The molecule has 1 fully saturated rings. The molecule has 24 heavy (non-hydrogen) atoms. The number of aryl methyl sites for hydroxylation is 2. The van der Waals surface area contributed by atoms with Gasteiger partial charge in [0.25, 0.3) is 0 Å². The number of rotatable bonds is 4. The molecule has 0 spiro atoms. The number of benzene rings is 1. The fourth-order valence-electron chi connectivity index (χ4n) is 2.81. The summed E-state index contributed by atoms with van der Waals surface area (Å²) >= 11 is 0. The summed E-state index contributed by atoms with van der Waals surface area (Å²) in [6.07, 6.45) is -3.40. The fraction of sp³-hybridized carbons (Fsp3) is 0.412. The quantitative estimate of drug-likeness (QED) is 0.928. The van der Waals surface area contributed by atoms with E-state index < -0.39 is 11.7 Å². The highest BCUT2D eigenvalue weighted by molar-refractivity contribution is 5.79. The van der Waals surface area contributed by atoms with Crippen LogP contribution in [0.15, 0.2) is 28.8 Å². The summed E-state index contributed by atoms with van der Waals surface area (Å²) in [5.74, 6) is 0.558. The van der Waals surface area contributed by atoms with Gasteiger partial charge >= 0.3 is 6.18 Å². The minimum absolute atomic E-state index is 0.0327. The lowest BCUT2D eigenvalue weighted by Gasteiger charge is -2.08. The molecule has 1 saturated carbocycles. The Morgan fingerprint density at radius 3 is 2.50 bits per heavy atom. The van der Waals surface area contributed by atoms with Crippen LogP contribution in [0.5, 0.6) is 0 Å². The first kappa shape index (κ1) is 16.5. The molecule has 128 valence electrons. The third-order valence-electron chi connectivity index (χ3n) is 4.32. The Labute approximate surface area is 137 Å². The third kappa shape index (κ3) is 3.44. The van der Waals surface area contributed by atoms with Crippen molar-refractivity contribution in [1.29, 1.82) is 0 Å². The zero-order valence-corrected chi connectivity index (χ0v) is 13.3. The van der Waals surface area contributed by atoms with Crippen molar-refractivity contribution >= 4 is 5.91 Å². The summed E-state index contributed by atoms with van der Waals surface area (Å²) in [5.41, 5.74) is 1.62. The first-order valence-electron chi connectivity index (χ1n) is 7.64.